The molecule has 0 spiro atoms. The Balaban J connectivity index is 1.75. The summed E-state index contributed by atoms with van der Waals surface area (Å²) in [7, 11) is 1.84. The van der Waals surface area contributed by atoms with Gasteiger partial charge in [-0.25, -0.2) is 0 Å². The highest BCUT2D eigenvalue weighted by molar-refractivity contribution is 7.14. The number of hydrogen-bond donors (Lipinski definition) is 1. The van der Waals surface area contributed by atoms with Gasteiger partial charge in [0.15, 0.2) is 0 Å². The van der Waals surface area contributed by atoms with E-state index in [0.29, 0.717) is 0 Å². The highest BCUT2D eigenvalue weighted by atomic mass is 32.1. The van der Waals surface area contributed by atoms with E-state index in [2.05, 4.69) is 6.07 Å². The second kappa shape index (κ2) is 5.25. The van der Waals surface area contributed by atoms with Gasteiger partial charge in [-0.15, -0.1) is 11.3 Å². The highest BCUT2D eigenvalue weighted by Gasteiger charge is 2.31. The predicted octanol–water partition coefficient (Wildman–Crippen LogP) is 2.61. The van der Waals surface area contributed by atoms with Crippen molar-refractivity contribution < 1.29 is 9.90 Å². The summed E-state index contributed by atoms with van der Waals surface area (Å²) in [6.07, 6.45) is 7.06. The van der Waals surface area contributed by atoms with Gasteiger partial charge in [-0.05, 0) is 43.7 Å². The van der Waals surface area contributed by atoms with Crippen molar-refractivity contribution in [3.05, 3.63) is 21.4 Å². The van der Waals surface area contributed by atoms with Crippen molar-refractivity contribution in [3.63, 3.8) is 0 Å². The van der Waals surface area contributed by atoms with Crippen LogP contribution in [0.5, 0.6) is 0 Å². The van der Waals surface area contributed by atoms with E-state index in [1.807, 2.05) is 7.05 Å². The lowest BCUT2D eigenvalue weighted by molar-refractivity contribution is 0.0271. The van der Waals surface area contributed by atoms with Gasteiger partial charge in [-0.3, -0.25) is 4.79 Å². The van der Waals surface area contributed by atoms with Gasteiger partial charge >= 0.3 is 0 Å². The molecular weight excluding hydrogens is 258 g/mol. The Morgan fingerprint density at radius 1 is 1.32 bits per heavy atom. The molecule has 2 unspecified atom stereocenters. The number of rotatable bonds is 2. The Labute approximate surface area is 118 Å². The summed E-state index contributed by atoms with van der Waals surface area (Å²) in [4.78, 5) is 16.5. The van der Waals surface area contributed by atoms with Crippen LogP contribution in [0.4, 0.5) is 0 Å². The number of carbonyl (C=O) groups is 1. The molecule has 1 aromatic rings. The molecular formula is C15H21NO2S. The summed E-state index contributed by atoms with van der Waals surface area (Å²) in [5.74, 6) is 0.0883. The number of carbonyl (C=O) groups excluding carboxylic acids is 1. The van der Waals surface area contributed by atoms with Gasteiger partial charge in [0.1, 0.15) is 0 Å². The van der Waals surface area contributed by atoms with Crippen LogP contribution in [0.25, 0.3) is 0 Å². The number of likely N-dealkylation sites (N-methyl/N-ethyl adjacent to an activating group) is 1. The van der Waals surface area contributed by atoms with E-state index >= 15 is 0 Å². The Morgan fingerprint density at radius 3 is 2.84 bits per heavy atom. The fourth-order valence-electron chi connectivity index (χ4n) is 3.30. The Kier molecular flexibility index (Phi) is 3.63. The van der Waals surface area contributed by atoms with Crippen LogP contribution >= 0.6 is 11.3 Å². The summed E-state index contributed by atoms with van der Waals surface area (Å²) in [5, 5.41) is 10.1. The van der Waals surface area contributed by atoms with Crippen molar-refractivity contribution in [2.24, 2.45) is 0 Å². The first-order valence-electron chi connectivity index (χ1n) is 7.23. The molecule has 3 nitrogen and oxygen atoms in total. The van der Waals surface area contributed by atoms with Crippen molar-refractivity contribution in [3.8, 4) is 0 Å². The molecule has 2 aliphatic carbocycles. The van der Waals surface area contributed by atoms with Gasteiger partial charge in [0.25, 0.3) is 5.91 Å². The molecule has 104 valence electrons. The summed E-state index contributed by atoms with van der Waals surface area (Å²) in [6.45, 7) is 0. The minimum atomic E-state index is -0.352. The molecule has 2 atom stereocenters. The fourth-order valence-corrected chi connectivity index (χ4v) is 4.54. The maximum atomic E-state index is 12.5. The molecule has 0 aliphatic heterocycles. The van der Waals surface area contributed by atoms with E-state index in [9.17, 15) is 9.90 Å². The Hall–Kier alpha value is -0.870. The van der Waals surface area contributed by atoms with Gasteiger partial charge in [0.2, 0.25) is 0 Å². The second-order valence-electron chi connectivity index (χ2n) is 5.75. The minimum absolute atomic E-state index is 0.00168. The van der Waals surface area contributed by atoms with Crippen molar-refractivity contribution in [2.75, 3.05) is 7.05 Å². The normalized spacial score (nSPS) is 26.2. The monoisotopic (exact) mass is 279 g/mol. The molecule has 3 rings (SSSR count). The summed E-state index contributed by atoms with van der Waals surface area (Å²) >= 11 is 1.65. The first-order valence-corrected chi connectivity index (χ1v) is 8.05. The topological polar surface area (TPSA) is 40.5 Å². The lowest BCUT2D eigenvalue weighted by Crippen LogP contribution is -2.46. The van der Waals surface area contributed by atoms with E-state index in [4.69, 9.17) is 0 Å². The quantitative estimate of drug-likeness (QED) is 0.904. The highest BCUT2D eigenvalue weighted by Crippen LogP contribution is 2.32. The van der Waals surface area contributed by atoms with Crippen molar-refractivity contribution in [1.82, 2.24) is 4.90 Å². The van der Waals surface area contributed by atoms with Gasteiger partial charge in [-0.1, -0.05) is 12.8 Å². The van der Waals surface area contributed by atoms with Crippen LogP contribution in [-0.4, -0.2) is 35.1 Å². The first kappa shape index (κ1) is 13.1. The molecule has 1 aromatic heterocycles. The Morgan fingerprint density at radius 2 is 2.11 bits per heavy atom. The largest absolute Gasteiger partial charge is 0.391 e. The zero-order chi connectivity index (χ0) is 13.4. The molecule has 1 N–H and O–H groups in total. The van der Waals surface area contributed by atoms with Gasteiger partial charge in [0, 0.05) is 11.9 Å². The third-order valence-corrected chi connectivity index (χ3v) is 5.69. The van der Waals surface area contributed by atoms with E-state index in [0.717, 1.165) is 43.4 Å². The zero-order valence-corrected chi connectivity index (χ0v) is 12.2. The Bertz CT molecular complexity index is 461. The van der Waals surface area contributed by atoms with E-state index < -0.39 is 0 Å². The number of thiophene rings is 1. The molecule has 1 saturated carbocycles. The lowest BCUT2D eigenvalue weighted by atomic mass is 9.91. The summed E-state index contributed by atoms with van der Waals surface area (Å²) in [5.41, 5.74) is 1.37. The molecule has 19 heavy (non-hydrogen) atoms. The van der Waals surface area contributed by atoms with E-state index in [-0.39, 0.29) is 18.1 Å². The van der Waals surface area contributed by atoms with Crippen LogP contribution < -0.4 is 0 Å². The molecule has 0 saturated heterocycles. The van der Waals surface area contributed by atoms with Crippen LogP contribution in [0.3, 0.4) is 0 Å². The standard InChI is InChI=1S/C15H21NO2S/c1-16(11-6-2-3-7-12(11)17)15(18)14-9-10-5-4-8-13(10)19-14/h9,11-12,17H,2-8H2,1H3. The number of aryl methyl sites for hydroxylation is 2. The number of nitrogens with zero attached hydrogens (tertiary/aromatic N) is 1. The maximum absolute atomic E-state index is 12.5. The van der Waals surface area contributed by atoms with Crippen LogP contribution in [-0.2, 0) is 12.8 Å². The first-order chi connectivity index (χ1) is 9.16. The van der Waals surface area contributed by atoms with E-state index in [1.165, 1.54) is 16.9 Å². The third-order valence-electron chi connectivity index (χ3n) is 4.47. The maximum Gasteiger partial charge on any atom is 0.264 e. The molecule has 2 aliphatic rings. The molecule has 0 aromatic carbocycles. The third kappa shape index (κ3) is 2.43. The predicted molar refractivity (Wildman–Crippen MR) is 76.7 cm³/mol. The molecule has 0 bridgehead atoms. The number of amides is 1. The van der Waals surface area contributed by atoms with Crippen LogP contribution in [0.1, 0.15) is 52.2 Å². The smallest absolute Gasteiger partial charge is 0.264 e. The van der Waals surface area contributed by atoms with Gasteiger partial charge < -0.3 is 10.0 Å². The minimum Gasteiger partial charge on any atom is -0.391 e. The average Bonchev–Trinajstić information content (AvgIpc) is 2.98. The lowest BCUT2D eigenvalue weighted by Gasteiger charge is -2.35. The number of aliphatic hydroxyl groups excluding tert-OH is 1. The van der Waals surface area contributed by atoms with Crippen molar-refractivity contribution >= 4 is 17.2 Å². The van der Waals surface area contributed by atoms with Gasteiger partial charge in [0.05, 0.1) is 17.0 Å². The van der Waals surface area contributed by atoms with E-state index in [1.54, 1.807) is 16.2 Å². The molecule has 1 heterocycles. The van der Waals surface area contributed by atoms with Crippen LogP contribution in [0.15, 0.2) is 6.07 Å². The molecule has 4 heteroatoms. The van der Waals surface area contributed by atoms with Gasteiger partial charge in [-0.2, -0.15) is 0 Å². The summed E-state index contributed by atoms with van der Waals surface area (Å²) in [6, 6.07) is 2.07. The van der Waals surface area contributed by atoms with Crippen LogP contribution in [0.2, 0.25) is 0 Å². The molecule has 1 amide bonds. The molecule has 1 fully saturated rings. The number of fused-ring (bicyclic) bond motifs is 1. The average molecular weight is 279 g/mol. The number of hydrogen-bond acceptors (Lipinski definition) is 3. The molecule has 0 radical (unpaired) electrons. The SMILES string of the molecule is CN(C(=O)c1cc2c(s1)CCC2)C1CCCCC1O. The zero-order valence-electron chi connectivity index (χ0n) is 11.4. The van der Waals surface area contributed by atoms with Crippen molar-refractivity contribution in [1.29, 1.82) is 0 Å². The second-order valence-corrected chi connectivity index (χ2v) is 6.88. The van der Waals surface area contributed by atoms with Crippen molar-refractivity contribution in [2.45, 2.75) is 57.1 Å². The number of aliphatic hydroxyl groups is 1. The van der Waals surface area contributed by atoms with Crippen LogP contribution in [0, 0.1) is 0 Å². The summed E-state index contributed by atoms with van der Waals surface area (Å²) < 4.78 is 0. The fraction of sp³-hybridized carbons (Fsp3) is 0.667.